The van der Waals surface area contributed by atoms with E-state index in [0.717, 1.165) is 83.3 Å². The number of para-hydroxylation sites is 2. The van der Waals surface area contributed by atoms with Crippen LogP contribution >= 0.6 is 22.7 Å². The molecule has 0 unspecified atom stereocenters. The molecule has 0 aliphatic rings. The molecular formula is C81H49N5S2. The smallest absolute Gasteiger partial charge is 0.164 e. The van der Waals surface area contributed by atoms with Gasteiger partial charge in [0, 0.05) is 95.4 Å². The highest BCUT2D eigenvalue weighted by Crippen LogP contribution is 2.47. The molecule has 0 atom stereocenters. The van der Waals surface area contributed by atoms with E-state index in [4.69, 9.17) is 15.0 Å². The standard InChI is InChI=1S/C81H49N5S2/c1-4-19-50(20-5-1)53-25-18-26-54(43-53)55-37-41-72-68(44-55)69-49-59(85-70-31-14-10-27-60(70)61-28-11-15-32-71(61)85)38-42-73(69)86(72)78-66(51-21-6-2-7-22-51)45-58(46-67(78)52-23-8-3-9-24-52)81-83-79(56-35-39-64-62-29-12-16-33-74(62)87-76(64)47-56)82-80(84-81)57-36-40-65-63-30-13-17-34-75(63)88-77(65)48-57/h1-49H. The highest BCUT2D eigenvalue weighted by molar-refractivity contribution is 7.26. The number of thiophene rings is 2. The molecule has 0 saturated heterocycles. The van der Waals surface area contributed by atoms with Gasteiger partial charge in [0.2, 0.25) is 0 Å². The van der Waals surface area contributed by atoms with Crippen molar-refractivity contribution in [1.82, 2.24) is 24.1 Å². The average molecular weight is 1160 g/mol. The Morgan fingerprint density at radius 1 is 0.216 bits per heavy atom. The van der Waals surface area contributed by atoms with E-state index in [1.165, 1.54) is 73.3 Å². The third kappa shape index (κ3) is 8.24. The van der Waals surface area contributed by atoms with Gasteiger partial charge in [0.1, 0.15) is 0 Å². The number of nitrogens with zero attached hydrogens (tertiary/aromatic N) is 5. The number of aromatic nitrogens is 5. The molecule has 18 aromatic rings. The number of rotatable bonds is 9. The van der Waals surface area contributed by atoms with Crippen LogP contribution in [0.5, 0.6) is 0 Å². The Balaban J connectivity index is 0.903. The highest BCUT2D eigenvalue weighted by atomic mass is 32.1. The van der Waals surface area contributed by atoms with Gasteiger partial charge in [0.05, 0.1) is 27.8 Å². The summed E-state index contributed by atoms with van der Waals surface area (Å²) in [5, 5.41) is 9.73. The maximum atomic E-state index is 5.54. The van der Waals surface area contributed by atoms with E-state index < -0.39 is 0 Å². The molecule has 13 aromatic carbocycles. The van der Waals surface area contributed by atoms with Crippen LogP contribution < -0.4 is 0 Å². The van der Waals surface area contributed by atoms with Gasteiger partial charge in [0.15, 0.2) is 17.5 Å². The van der Waals surface area contributed by atoms with Crippen LogP contribution in [0.25, 0.3) is 174 Å². The minimum absolute atomic E-state index is 0.592. The molecule has 0 aliphatic heterocycles. The van der Waals surface area contributed by atoms with Crippen LogP contribution in [0.3, 0.4) is 0 Å². The summed E-state index contributed by atoms with van der Waals surface area (Å²) in [5.74, 6) is 1.83. The fourth-order valence-electron chi connectivity index (χ4n) is 13.5. The minimum atomic E-state index is 0.592. The molecule has 0 amide bonds. The second kappa shape index (κ2) is 20.3. The van der Waals surface area contributed by atoms with Gasteiger partial charge in [0.25, 0.3) is 0 Å². The Morgan fingerprint density at radius 2 is 0.614 bits per heavy atom. The van der Waals surface area contributed by atoms with Crippen LogP contribution in [0.15, 0.2) is 297 Å². The molecule has 0 saturated carbocycles. The Kier molecular flexibility index (Phi) is 11.6. The van der Waals surface area contributed by atoms with Crippen molar-refractivity contribution in [2.45, 2.75) is 0 Å². The lowest BCUT2D eigenvalue weighted by Crippen LogP contribution is -2.04. The summed E-state index contributed by atoms with van der Waals surface area (Å²) < 4.78 is 9.84. The summed E-state index contributed by atoms with van der Waals surface area (Å²) in [6, 6.07) is 108. The molecule has 0 N–H and O–H groups in total. The molecule has 0 bridgehead atoms. The van der Waals surface area contributed by atoms with Crippen LogP contribution in [-0.4, -0.2) is 24.1 Å². The van der Waals surface area contributed by atoms with E-state index in [2.05, 4.69) is 306 Å². The molecular weight excluding hydrogens is 1110 g/mol. The molecule has 0 aliphatic carbocycles. The van der Waals surface area contributed by atoms with Crippen molar-refractivity contribution in [3.63, 3.8) is 0 Å². The van der Waals surface area contributed by atoms with E-state index in [1.54, 1.807) is 22.7 Å². The molecule has 18 rings (SSSR count). The van der Waals surface area contributed by atoms with E-state index in [-0.39, 0.29) is 0 Å². The summed E-state index contributed by atoms with van der Waals surface area (Å²) in [5.41, 5.74) is 18.4. The summed E-state index contributed by atoms with van der Waals surface area (Å²) in [4.78, 5) is 16.5. The molecule has 5 nitrogen and oxygen atoms in total. The summed E-state index contributed by atoms with van der Waals surface area (Å²) in [7, 11) is 0. The first-order valence-electron chi connectivity index (χ1n) is 29.7. The third-order valence-corrected chi connectivity index (χ3v) is 19.8. The Labute approximate surface area is 514 Å². The largest absolute Gasteiger partial charge is 0.309 e. The molecule has 0 fully saturated rings. The van der Waals surface area contributed by atoms with Crippen molar-refractivity contribution in [2.24, 2.45) is 0 Å². The lowest BCUT2D eigenvalue weighted by atomic mass is 9.92. The Hall–Kier alpha value is -11.1. The second-order valence-corrected chi connectivity index (χ2v) is 24.8. The first-order valence-corrected chi connectivity index (χ1v) is 31.4. The zero-order valence-corrected chi connectivity index (χ0v) is 49.0. The van der Waals surface area contributed by atoms with Gasteiger partial charge in [-0.15, -0.1) is 22.7 Å². The lowest BCUT2D eigenvalue weighted by Gasteiger charge is -2.21. The van der Waals surface area contributed by atoms with Crippen molar-refractivity contribution in [2.75, 3.05) is 0 Å². The zero-order chi connectivity index (χ0) is 57.8. The molecule has 5 aromatic heterocycles. The maximum Gasteiger partial charge on any atom is 0.164 e. The molecule has 0 radical (unpaired) electrons. The van der Waals surface area contributed by atoms with Gasteiger partial charge in [-0.1, -0.05) is 212 Å². The maximum absolute atomic E-state index is 5.54. The van der Waals surface area contributed by atoms with Gasteiger partial charge in [-0.05, 0) is 118 Å². The van der Waals surface area contributed by atoms with Crippen LogP contribution in [0.1, 0.15) is 0 Å². The molecule has 88 heavy (non-hydrogen) atoms. The fraction of sp³-hybridized carbons (Fsp3) is 0. The number of hydrogen-bond donors (Lipinski definition) is 0. The molecule has 410 valence electrons. The number of hydrogen-bond acceptors (Lipinski definition) is 5. The van der Waals surface area contributed by atoms with Crippen molar-refractivity contribution in [3.05, 3.63) is 297 Å². The van der Waals surface area contributed by atoms with Gasteiger partial charge in [-0.3, -0.25) is 0 Å². The average Bonchev–Trinajstić information content (AvgIpc) is 1.87. The van der Waals surface area contributed by atoms with Crippen LogP contribution in [0, 0.1) is 0 Å². The molecule has 5 heterocycles. The minimum Gasteiger partial charge on any atom is -0.309 e. The highest BCUT2D eigenvalue weighted by Gasteiger charge is 2.25. The zero-order valence-electron chi connectivity index (χ0n) is 47.3. The van der Waals surface area contributed by atoms with Crippen molar-refractivity contribution in [3.8, 4) is 90.0 Å². The normalized spacial score (nSPS) is 11.9. The summed E-state index contributed by atoms with van der Waals surface area (Å²) in [6.07, 6.45) is 0. The predicted octanol–water partition coefficient (Wildman–Crippen LogP) is 22.5. The quantitative estimate of drug-likeness (QED) is 0.145. The van der Waals surface area contributed by atoms with E-state index in [1.807, 2.05) is 0 Å². The summed E-state index contributed by atoms with van der Waals surface area (Å²) in [6.45, 7) is 0. The van der Waals surface area contributed by atoms with Gasteiger partial charge >= 0.3 is 0 Å². The monoisotopic (exact) mass is 1160 g/mol. The van der Waals surface area contributed by atoms with E-state index in [0.29, 0.717) is 17.5 Å². The lowest BCUT2D eigenvalue weighted by molar-refractivity contribution is 1.07. The van der Waals surface area contributed by atoms with Gasteiger partial charge < -0.3 is 9.13 Å². The topological polar surface area (TPSA) is 48.5 Å². The van der Waals surface area contributed by atoms with Gasteiger partial charge in [-0.25, -0.2) is 15.0 Å². The number of benzene rings is 13. The van der Waals surface area contributed by atoms with Gasteiger partial charge in [-0.2, -0.15) is 0 Å². The van der Waals surface area contributed by atoms with Crippen molar-refractivity contribution >= 4 is 107 Å². The SMILES string of the molecule is c1ccc(-c2cccc(-c3ccc4c(c3)c3cc(-n5c6ccccc6c6ccccc65)ccc3n4-c3c(-c4ccccc4)cc(-c4nc(-c5ccc6c(c5)sc5ccccc56)nc(-c5ccc6c(c5)sc5ccccc56)n4)cc3-c3ccccc3)c2)cc1. The van der Waals surface area contributed by atoms with Crippen molar-refractivity contribution in [1.29, 1.82) is 0 Å². The first-order chi connectivity index (χ1) is 43.6. The fourth-order valence-corrected chi connectivity index (χ4v) is 15.7. The Morgan fingerprint density at radius 3 is 1.17 bits per heavy atom. The molecule has 7 heteroatoms. The number of fused-ring (bicyclic) bond motifs is 12. The second-order valence-electron chi connectivity index (χ2n) is 22.7. The van der Waals surface area contributed by atoms with Crippen LogP contribution in [0.2, 0.25) is 0 Å². The molecule has 0 spiro atoms. The third-order valence-electron chi connectivity index (χ3n) is 17.6. The first kappa shape index (κ1) is 50.3. The van der Waals surface area contributed by atoms with Crippen LogP contribution in [-0.2, 0) is 0 Å². The van der Waals surface area contributed by atoms with E-state index in [9.17, 15) is 0 Å². The Bertz CT molecular complexity index is 5570. The summed E-state index contributed by atoms with van der Waals surface area (Å²) >= 11 is 3.60. The van der Waals surface area contributed by atoms with E-state index >= 15 is 0 Å². The van der Waals surface area contributed by atoms with Crippen LogP contribution in [0.4, 0.5) is 0 Å². The predicted molar refractivity (Wildman–Crippen MR) is 372 cm³/mol. The van der Waals surface area contributed by atoms with Crippen molar-refractivity contribution < 1.29 is 0 Å².